The van der Waals surface area contributed by atoms with Gasteiger partial charge >= 0.3 is 0 Å². The number of carbonyl (C=O) groups is 1. The van der Waals surface area contributed by atoms with Crippen LogP contribution < -0.4 is 0 Å². The highest BCUT2D eigenvalue weighted by atomic mass is 16.1. The molecule has 0 bridgehead atoms. The first kappa shape index (κ1) is 12.6. The van der Waals surface area contributed by atoms with Crippen LogP contribution in [0.5, 0.6) is 0 Å². The second kappa shape index (κ2) is 4.77. The van der Waals surface area contributed by atoms with Crippen molar-refractivity contribution in [1.29, 1.82) is 0 Å². The van der Waals surface area contributed by atoms with Crippen LogP contribution in [-0.4, -0.2) is 15.6 Å². The summed E-state index contributed by atoms with van der Waals surface area (Å²) in [7, 11) is 1.87. The number of aryl methyl sites for hydroxylation is 4. The number of benzene rings is 1. The zero-order valence-electron chi connectivity index (χ0n) is 11.3. The van der Waals surface area contributed by atoms with E-state index < -0.39 is 0 Å². The van der Waals surface area contributed by atoms with Crippen molar-refractivity contribution < 1.29 is 4.79 Å². The van der Waals surface area contributed by atoms with Gasteiger partial charge in [-0.1, -0.05) is 17.2 Å². The summed E-state index contributed by atoms with van der Waals surface area (Å²) < 4.78 is 1.77. The highest BCUT2D eigenvalue weighted by Gasteiger charge is 2.11. The van der Waals surface area contributed by atoms with Crippen molar-refractivity contribution in [3.8, 4) is 0 Å². The number of Topliss-reactive ketones (excluding diaryl/α,β-unsaturated/α-hetero) is 1. The molecule has 0 unspecified atom stereocenters. The molecule has 0 saturated heterocycles. The van der Waals surface area contributed by atoms with Gasteiger partial charge in [0.2, 0.25) is 0 Å². The lowest BCUT2D eigenvalue weighted by Crippen LogP contribution is -2.08. The van der Waals surface area contributed by atoms with Crippen LogP contribution in [0, 0.1) is 20.8 Å². The summed E-state index contributed by atoms with van der Waals surface area (Å²) in [5, 5.41) is 4.26. The molecule has 3 heteroatoms. The summed E-state index contributed by atoms with van der Waals surface area (Å²) >= 11 is 0. The monoisotopic (exact) mass is 242 g/mol. The predicted octanol–water partition coefficient (Wildman–Crippen LogP) is 2.77. The summed E-state index contributed by atoms with van der Waals surface area (Å²) in [5.74, 6) is 0.143. The molecule has 1 aromatic heterocycles. The predicted molar refractivity (Wildman–Crippen MR) is 71.9 cm³/mol. The number of nitrogens with zero attached hydrogens (tertiary/aromatic N) is 2. The Morgan fingerprint density at radius 3 is 2.22 bits per heavy atom. The molecular formula is C15H18N2O. The number of hydrogen-bond donors (Lipinski definition) is 0. The highest BCUT2D eigenvalue weighted by molar-refractivity contribution is 5.97. The molecule has 0 fully saturated rings. The fraction of sp³-hybridized carbons (Fsp3) is 0.333. The maximum Gasteiger partial charge on any atom is 0.168 e. The Morgan fingerprint density at radius 1 is 1.11 bits per heavy atom. The van der Waals surface area contributed by atoms with Gasteiger partial charge in [0.1, 0.15) is 0 Å². The van der Waals surface area contributed by atoms with Crippen LogP contribution in [-0.2, 0) is 13.5 Å². The maximum absolute atomic E-state index is 12.2. The minimum atomic E-state index is 0.143. The van der Waals surface area contributed by atoms with E-state index in [4.69, 9.17) is 0 Å². The van der Waals surface area contributed by atoms with Crippen LogP contribution in [0.3, 0.4) is 0 Å². The van der Waals surface area contributed by atoms with Crippen molar-refractivity contribution in [3.63, 3.8) is 0 Å². The third kappa shape index (κ3) is 2.67. The SMILES string of the molecule is Cc1cc(C)cc(C(=O)Cc2cc(C)nn2C)c1. The Hall–Kier alpha value is -1.90. The third-order valence-electron chi connectivity index (χ3n) is 2.98. The molecule has 1 heterocycles. The largest absolute Gasteiger partial charge is 0.294 e. The van der Waals surface area contributed by atoms with Crippen molar-refractivity contribution in [2.45, 2.75) is 27.2 Å². The van der Waals surface area contributed by atoms with Crippen LogP contribution in [0.15, 0.2) is 24.3 Å². The average Bonchev–Trinajstić information content (AvgIpc) is 2.56. The van der Waals surface area contributed by atoms with Gasteiger partial charge < -0.3 is 0 Å². The lowest BCUT2D eigenvalue weighted by atomic mass is 10.0. The number of ketones is 1. The molecule has 0 spiro atoms. The zero-order valence-corrected chi connectivity index (χ0v) is 11.3. The number of rotatable bonds is 3. The Labute approximate surface area is 107 Å². The first-order chi connectivity index (χ1) is 8.45. The smallest absolute Gasteiger partial charge is 0.168 e. The van der Waals surface area contributed by atoms with Crippen molar-refractivity contribution in [2.24, 2.45) is 7.05 Å². The van der Waals surface area contributed by atoms with Gasteiger partial charge in [-0.3, -0.25) is 9.48 Å². The standard InChI is InChI=1S/C15H18N2O/c1-10-5-11(2)7-13(6-10)15(18)9-14-8-12(3)16-17(14)4/h5-8H,9H2,1-4H3. The molecule has 0 aliphatic rings. The molecule has 2 aromatic rings. The van der Waals surface area contributed by atoms with E-state index in [1.54, 1.807) is 4.68 Å². The molecule has 18 heavy (non-hydrogen) atoms. The van der Waals surface area contributed by atoms with Gasteiger partial charge in [-0.2, -0.15) is 5.10 Å². The molecule has 0 aliphatic heterocycles. The van der Waals surface area contributed by atoms with Crippen molar-refractivity contribution in [2.75, 3.05) is 0 Å². The molecule has 2 rings (SSSR count). The van der Waals surface area contributed by atoms with Crippen molar-refractivity contribution >= 4 is 5.78 Å². The van der Waals surface area contributed by atoms with E-state index in [2.05, 4.69) is 11.2 Å². The topological polar surface area (TPSA) is 34.9 Å². The summed E-state index contributed by atoms with van der Waals surface area (Å²) in [6, 6.07) is 7.92. The van der Waals surface area contributed by atoms with Gasteiger partial charge in [0, 0.05) is 18.3 Å². The van der Waals surface area contributed by atoms with E-state index in [0.29, 0.717) is 6.42 Å². The second-order valence-electron chi connectivity index (χ2n) is 4.88. The Balaban J connectivity index is 2.24. The lowest BCUT2D eigenvalue weighted by Gasteiger charge is -2.04. The van der Waals surface area contributed by atoms with E-state index in [1.807, 2.05) is 46.0 Å². The number of aromatic nitrogens is 2. The molecule has 1 aromatic carbocycles. The molecule has 0 amide bonds. The van der Waals surface area contributed by atoms with Gasteiger partial charge in [0.05, 0.1) is 12.1 Å². The van der Waals surface area contributed by atoms with Crippen LogP contribution in [0.2, 0.25) is 0 Å². The summed E-state index contributed by atoms with van der Waals surface area (Å²) in [6.45, 7) is 5.96. The minimum Gasteiger partial charge on any atom is -0.294 e. The van der Waals surface area contributed by atoms with Gasteiger partial charge in [0.25, 0.3) is 0 Å². The summed E-state index contributed by atoms with van der Waals surface area (Å²) in [4.78, 5) is 12.2. The zero-order chi connectivity index (χ0) is 13.3. The Bertz CT molecular complexity index is 576. The third-order valence-corrected chi connectivity index (χ3v) is 2.98. The molecule has 0 N–H and O–H groups in total. The second-order valence-corrected chi connectivity index (χ2v) is 4.88. The molecular weight excluding hydrogens is 224 g/mol. The van der Waals surface area contributed by atoms with Crippen LogP contribution in [0.25, 0.3) is 0 Å². The summed E-state index contributed by atoms with van der Waals surface area (Å²) in [6.07, 6.45) is 0.403. The molecule has 94 valence electrons. The van der Waals surface area contributed by atoms with Crippen molar-refractivity contribution in [3.05, 3.63) is 52.3 Å². The molecule has 0 saturated carbocycles. The van der Waals surface area contributed by atoms with Crippen LogP contribution >= 0.6 is 0 Å². The first-order valence-corrected chi connectivity index (χ1v) is 6.07. The van der Waals surface area contributed by atoms with E-state index >= 15 is 0 Å². The van der Waals surface area contributed by atoms with Gasteiger partial charge in [-0.15, -0.1) is 0 Å². The maximum atomic E-state index is 12.2. The Morgan fingerprint density at radius 2 is 1.72 bits per heavy atom. The first-order valence-electron chi connectivity index (χ1n) is 6.07. The van der Waals surface area contributed by atoms with Crippen molar-refractivity contribution in [1.82, 2.24) is 9.78 Å². The molecule has 3 nitrogen and oxygen atoms in total. The normalized spacial score (nSPS) is 10.7. The van der Waals surface area contributed by atoms with Crippen LogP contribution in [0.1, 0.15) is 32.9 Å². The lowest BCUT2D eigenvalue weighted by molar-refractivity contribution is 0.0990. The molecule has 0 atom stereocenters. The van der Waals surface area contributed by atoms with Gasteiger partial charge in [0.15, 0.2) is 5.78 Å². The van der Waals surface area contributed by atoms with Gasteiger partial charge in [-0.25, -0.2) is 0 Å². The quantitative estimate of drug-likeness (QED) is 0.776. The fourth-order valence-corrected chi connectivity index (χ4v) is 2.23. The minimum absolute atomic E-state index is 0.143. The molecule has 0 radical (unpaired) electrons. The van der Waals surface area contributed by atoms with Gasteiger partial charge in [-0.05, 0) is 39.0 Å². The highest BCUT2D eigenvalue weighted by Crippen LogP contribution is 2.12. The fourth-order valence-electron chi connectivity index (χ4n) is 2.23. The molecule has 0 aliphatic carbocycles. The van der Waals surface area contributed by atoms with Crippen LogP contribution in [0.4, 0.5) is 0 Å². The van der Waals surface area contributed by atoms with E-state index in [-0.39, 0.29) is 5.78 Å². The van der Waals surface area contributed by atoms with E-state index in [9.17, 15) is 4.79 Å². The van der Waals surface area contributed by atoms with E-state index in [1.165, 1.54) is 0 Å². The Kier molecular flexibility index (Phi) is 3.32. The average molecular weight is 242 g/mol. The van der Waals surface area contributed by atoms with E-state index in [0.717, 1.165) is 28.1 Å². The number of carbonyl (C=O) groups excluding carboxylic acids is 1. The summed E-state index contributed by atoms with van der Waals surface area (Å²) in [5.41, 5.74) is 4.93. The number of hydrogen-bond acceptors (Lipinski definition) is 2.